The number of pyridine rings is 1. The first-order valence-corrected chi connectivity index (χ1v) is 6.64. The van der Waals surface area contributed by atoms with Gasteiger partial charge in [0.25, 0.3) is 5.91 Å². The second kappa shape index (κ2) is 7.28. The molecule has 1 aromatic heterocycles. The maximum Gasteiger partial charge on any atom is 0.251 e. The standard InChI is InChI=1S/C16H18N2O2/c1-17-16(19)13-6-4-9-15(12-13)20-11-5-8-14-7-2-3-10-18-14/h2-4,6-7,9-10,12H,5,8,11H2,1H3,(H,17,19). The van der Waals surface area contributed by atoms with Crippen molar-refractivity contribution in [3.8, 4) is 5.75 Å². The number of nitrogens with one attached hydrogen (secondary N) is 1. The molecule has 0 radical (unpaired) electrons. The van der Waals surface area contributed by atoms with E-state index in [0.717, 1.165) is 18.5 Å². The Kier molecular flexibility index (Phi) is 5.12. The summed E-state index contributed by atoms with van der Waals surface area (Å²) in [6, 6.07) is 13.1. The van der Waals surface area contributed by atoms with Gasteiger partial charge in [0, 0.05) is 24.5 Å². The number of ether oxygens (including phenoxy) is 1. The molecule has 2 aromatic rings. The van der Waals surface area contributed by atoms with Crippen molar-refractivity contribution in [2.24, 2.45) is 0 Å². The number of nitrogens with zero attached hydrogens (tertiary/aromatic N) is 1. The zero-order valence-electron chi connectivity index (χ0n) is 11.5. The number of benzene rings is 1. The van der Waals surface area contributed by atoms with Gasteiger partial charge in [-0.3, -0.25) is 9.78 Å². The lowest BCUT2D eigenvalue weighted by molar-refractivity contribution is 0.0962. The van der Waals surface area contributed by atoms with Crippen molar-refractivity contribution in [2.75, 3.05) is 13.7 Å². The third kappa shape index (κ3) is 4.09. The summed E-state index contributed by atoms with van der Waals surface area (Å²) in [6.07, 6.45) is 3.57. The summed E-state index contributed by atoms with van der Waals surface area (Å²) in [5, 5.41) is 2.59. The van der Waals surface area contributed by atoms with Gasteiger partial charge in [-0.25, -0.2) is 0 Å². The van der Waals surface area contributed by atoms with Gasteiger partial charge in [0.05, 0.1) is 6.61 Å². The van der Waals surface area contributed by atoms with E-state index in [0.29, 0.717) is 17.9 Å². The van der Waals surface area contributed by atoms with Crippen LogP contribution in [0.2, 0.25) is 0 Å². The Morgan fingerprint density at radius 2 is 2.15 bits per heavy atom. The topological polar surface area (TPSA) is 51.2 Å². The molecular weight excluding hydrogens is 252 g/mol. The van der Waals surface area contributed by atoms with Gasteiger partial charge >= 0.3 is 0 Å². The minimum Gasteiger partial charge on any atom is -0.494 e. The highest BCUT2D eigenvalue weighted by molar-refractivity contribution is 5.94. The second-order valence-corrected chi connectivity index (χ2v) is 4.38. The molecule has 0 aliphatic carbocycles. The largest absolute Gasteiger partial charge is 0.494 e. The van der Waals surface area contributed by atoms with Gasteiger partial charge < -0.3 is 10.1 Å². The first kappa shape index (κ1) is 14.1. The molecule has 0 saturated carbocycles. The van der Waals surface area contributed by atoms with E-state index in [2.05, 4.69) is 10.3 Å². The Morgan fingerprint density at radius 3 is 2.90 bits per heavy atom. The summed E-state index contributed by atoms with van der Waals surface area (Å²) in [5.74, 6) is 0.607. The van der Waals surface area contributed by atoms with E-state index in [1.165, 1.54) is 0 Å². The van der Waals surface area contributed by atoms with E-state index in [4.69, 9.17) is 4.74 Å². The number of aromatic nitrogens is 1. The Bertz CT molecular complexity index is 555. The lowest BCUT2D eigenvalue weighted by atomic mass is 10.2. The summed E-state index contributed by atoms with van der Waals surface area (Å²) >= 11 is 0. The minimum absolute atomic E-state index is 0.107. The fraction of sp³-hybridized carbons (Fsp3) is 0.250. The van der Waals surface area contributed by atoms with Crippen molar-refractivity contribution < 1.29 is 9.53 Å². The average molecular weight is 270 g/mol. The van der Waals surface area contributed by atoms with Crippen LogP contribution in [0.15, 0.2) is 48.7 Å². The van der Waals surface area contributed by atoms with Crippen molar-refractivity contribution in [3.63, 3.8) is 0 Å². The highest BCUT2D eigenvalue weighted by Crippen LogP contribution is 2.13. The molecule has 2 rings (SSSR count). The molecule has 0 saturated heterocycles. The molecule has 0 aliphatic heterocycles. The maximum absolute atomic E-state index is 11.5. The molecular formula is C16H18N2O2. The van der Waals surface area contributed by atoms with Crippen LogP contribution in [0.1, 0.15) is 22.5 Å². The van der Waals surface area contributed by atoms with Crippen molar-refractivity contribution in [1.29, 1.82) is 0 Å². The quantitative estimate of drug-likeness (QED) is 0.820. The molecule has 1 amide bonds. The fourth-order valence-electron chi connectivity index (χ4n) is 1.86. The molecule has 1 N–H and O–H groups in total. The number of carbonyl (C=O) groups is 1. The number of aryl methyl sites for hydroxylation is 1. The Hall–Kier alpha value is -2.36. The molecule has 0 aliphatic rings. The van der Waals surface area contributed by atoms with Crippen LogP contribution in [-0.4, -0.2) is 24.5 Å². The molecule has 0 unspecified atom stereocenters. The van der Waals surface area contributed by atoms with E-state index in [9.17, 15) is 4.79 Å². The Morgan fingerprint density at radius 1 is 1.25 bits per heavy atom. The van der Waals surface area contributed by atoms with Gasteiger partial charge in [-0.2, -0.15) is 0 Å². The summed E-state index contributed by atoms with van der Waals surface area (Å²) in [6.45, 7) is 0.605. The Labute approximate surface area is 118 Å². The lowest BCUT2D eigenvalue weighted by Crippen LogP contribution is -2.17. The summed E-state index contributed by atoms with van der Waals surface area (Å²) in [4.78, 5) is 15.8. The average Bonchev–Trinajstić information content (AvgIpc) is 2.52. The van der Waals surface area contributed by atoms with Gasteiger partial charge in [-0.05, 0) is 43.2 Å². The van der Waals surface area contributed by atoms with Crippen molar-refractivity contribution in [2.45, 2.75) is 12.8 Å². The SMILES string of the molecule is CNC(=O)c1cccc(OCCCc2ccccn2)c1. The highest BCUT2D eigenvalue weighted by atomic mass is 16.5. The molecule has 1 heterocycles. The molecule has 0 bridgehead atoms. The van der Waals surface area contributed by atoms with Crippen LogP contribution in [0.4, 0.5) is 0 Å². The van der Waals surface area contributed by atoms with Crippen LogP contribution in [0.5, 0.6) is 5.75 Å². The summed E-state index contributed by atoms with van der Waals surface area (Å²) < 4.78 is 5.66. The Balaban J connectivity index is 1.81. The molecule has 0 fully saturated rings. The predicted octanol–water partition coefficient (Wildman–Crippen LogP) is 2.45. The third-order valence-electron chi connectivity index (χ3n) is 2.90. The van der Waals surface area contributed by atoms with Gasteiger partial charge in [-0.15, -0.1) is 0 Å². The van der Waals surface area contributed by atoms with Crippen LogP contribution >= 0.6 is 0 Å². The van der Waals surface area contributed by atoms with Crippen molar-refractivity contribution in [3.05, 3.63) is 59.9 Å². The van der Waals surface area contributed by atoms with Crippen molar-refractivity contribution >= 4 is 5.91 Å². The van der Waals surface area contributed by atoms with Gasteiger partial charge in [0.15, 0.2) is 0 Å². The maximum atomic E-state index is 11.5. The van der Waals surface area contributed by atoms with E-state index in [-0.39, 0.29) is 5.91 Å². The smallest absolute Gasteiger partial charge is 0.251 e. The molecule has 104 valence electrons. The zero-order chi connectivity index (χ0) is 14.2. The van der Waals surface area contributed by atoms with E-state index in [1.54, 1.807) is 25.4 Å². The number of rotatable bonds is 6. The van der Waals surface area contributed by atoms with Crippen LogP contribution in [0.25, 0.3) is 0 Å². The van der Waals surface area contributed by atoms with Gasteiger partial charge in [0.1, 0.15) is 5.75 Å². The molecule has 20 heavy (non-hydrogen) atoms. The van der Waals surface area contributed by atoms with E-state index < -0.39 is 0 Å². The molecule has 4 nitrogen and oxygen atoms in total. The minimum atomic E-state index is -0.107. The first-order valence-electron chi connectivity index (χ1n) is 6.64. The monoisotopic (exact) mass is 270 g/mol. The first-order chi connectivity index (χ1) is 9.79. The molecule has 4 heteroatoms. The molecule has 1 aromatic carbocycles. The summed E-state index contributed by atoms with van der Waals surface area (Å²) in [5.41, 5.74) is 1.67. The van der Waals surface area contributed by atoms with Gasteiger partial charge in [-0.1, -0.05) is 12.1 Å². The van der Waals surface area contributed by atoms with E-state index >= 15 is 0 Å². The molecule has 0 atom stereocenters. The molecule has 0 spiro atoms. The highest BCUT2D eigenvalue weighted by Gasteiger charge is 2.04. The fourth-order valence-corrected chi connectivity index (χ4v) is 1.86. The van der Waals surface area contributed by atoms with Gasteiger partial charge in [0.2, 0.25) is 0 Å². The summed E-state index contributed by atoms with van der Waals surface area (Å²) in [7, 11) is 1.61. The second-order valence-electron chi connectivity index (χ2n) is 4.38. The predicted molar refractivity (Wildman–Crippen MR) is 77.9 cm³/mol. The number of carbonyl (C=O) groups excluding carboxylic acids is 1. The van der Waals surface area contributed by atoms with Crippen molar-refractivity contribution in [1.82, 2.24) is 10.3 Å². The normalized spacial score (nSPS) is 10.1. The number of amides is 1. The van der Waals surface area contributed by atoms with Crippen LogP contribution < -0.4 is 10.1 Å². The number of hydrogen-bond acceptors (Lipinski definition) is 3. The van der Waals surface area contributed by atoms with Crippen LogP contribution in [0.3, 0.4) is 0 Å². The number of hydrogen-bond donors (Lipinski definition) is 1. The lowest BCUT2D eigenvalue weighted by Gasteiger charge is -2.07. The van der Waals surface area contributed by atoms with Crippen LogP contribution in [-0.2, 0) is 6.42 Å². The van der Waals surface area contributed by atoms with Crippen LogP contribution in [0, 0.1) is 0 Å². The van der Waals surface area contributed by atoms with E-state index in [1.807, 2.05) is 30.3 Å². The third-order valence-corrected chi connectivity index (χ3v) is 2.90. The zero-order valence-corrected chi connectivity index (χ0v) is 11.5.